The van der Waals surface area contributed by atoms with E-state index in [1.165, 1.54) is 12.5 Å². The lowest BCUT2D eigenvalue weighted by molar-refractivity contribution is -0.539. The quantitative estimate of drug-likeness (QED) is 0.362. The van der Waals surface area contributed by atoms with Crippen molar-refractivity contribution in [2.24, 2.45) is 0 Å². The number of aliphatic hydroxyl groups is 1. The van der Waals surface area contributed by atoms with E-state index in [1.807, 2.05) is 0 Å². The lowest BCUT2D eigenvalue weighted by atomic mass is 10.5. The van der Waals surface area contributed by atoms with Crippen molar-refractivity contribution in [3.63, 3.8) is 0 Å². The molecule has 0 aromatic carbocycles. The first kappa shape index (κ1) is 5.59. The molecule has 0 saturated heterocycles. The third-order valence-electron chi connectivity index (χ3n) is 0.807. The molecule has 0 radical (unpaired) electrons. The molecule has 1 atom stereocenters. The highest BCUT2D eigenvalue weighted by atomic mass is 35.5. The Kier molecular flexibility index (Phi) is 1.50. The Labute approximate surface area is 51.7 Å². The zero-order valence-electron chi connectivity index (χ0n) is 4.06. The predicted molar refractivity (Wildman–Crippen MR) is 30.1 cm³/mol. The third kappa shape index (κ3) is 0.993. The fourth-order valence-corrected chi connectivity index (χ4v) is 0.533. The van der Waals surface area contributed by atoms with Crippen LogP contribution in [0.25, 0.3) is 0 Å². The summed E-state index contributed by atoms with van der Waals surface area (Å²) in [5.74, 6) is 0. The Morgan fingerprint density at radius 1 is 1.88 bits per heavy atom. The molecule has 0 aromatic heterocycles. The van der Waals surface area contributed by atoms with E-state index in [0.717, 1.165) is 0 Å². The van der Waals surface area contributed by atoms with E-state index in [0.29, 0.717) is 5.03 Å². The van der Waals surface area contributed by atoms with E-state index in [2.05, 4.69) is 10.3 Å². The van der Waals surface area contributed by atoms with Gasteiger partial charge < -0.3 is 5.11 Å². The average Bonchev–Trinajstić information content (AvgIpc) is 1.77. The van der Waals surface area contributed by atoms with Crippen LogP contribution in [0.4, 0.5) is 0 Å². The van der Waals surface area contributed by atoms with Crippen LogP contribution in [0, 0.1) is 0 Å². The lowest BCUT2D eigenvalue weighted by Crippen LogP contribution is -2.79. The van der Waals surface area contributed by atoms with Gasteiger partial charge >= 0.3 is 0 Å². The fourth-order valence-electron chi connectivity index (χ4n) is 0.407. The molecule has 44 valence electrons. The van der Waals surface area contributed by atoms with E-state index < -0.39 is 6.23 Å². The van der Waals surface area contributed by atoms with E-state index >= 15 is 0 Å². The number of nitrogens with one attached hydrogen (secondary N) is 2. The zero-order valence-corrected chi connectivity index (χ0v) is 4.81. The van der Waals surface area contributed by atoms with Gasteiger partial charge in [-0.15, -0.1) is 0 Å². The number of rotatable bonds is 0. The van der Waals surface area contributed by atoms with E-state index in [9.17, 15) is 0 Å². The molecule has 1 unspecified atom stereocenters. The van der Waals surface area contributed by atoms with Crippen LogP contribution < -0.4 is 10.3 Å². The number of hydrogen-bond donors (Lipinski definition) is 3. The highest BCUT2D eigenvalue weighted by molar-refractivity contribution is 6.30. The monoisotopic (exact) mass is 133 g/mol. The molecule has 8 heavy (non-hydrogen) atoms. The minimum absolute atomic E-state index is 0.368. The maximum absolute atomic E-state index is 8.80. The summed E-state index contributed by atoms with van der Waals surface area (Å²) in [5, 5.41) is 11.8. The van der Waals surface area contributed by atoms with Crippen molar-refractivity contribution in [1.29, 1.82) is 0 Å². The van der Waals surface area contributed by atoms with Crippen LogP contribution in [0.5, 0.6) is 0 Å². The zero-order chi connectivity index (χ0) is 5.98. The molecule has 3 N–H and O–H groups in total. The molecule has 0 bridgehead atoms. The third-order valence-corrected chi connectivity index (χ3v) is 1.12. The Bertz CT molecular complexity index is 143. The van der Waals surface area contributed by atoms with Crippen molar-refractivity contribution >= 4 is 17.9 Å². The highest BCUT2D eigenvalue weighted by Gasteiger charge is 2.10. The van der Waals surface area contributed by atoms with Crippen molar-refractivity contribution in [3.8, 4) is 0 Å². The van der Waals surface area contributed by atoms with Crippen LogP contribution in [0.3, 0.4) is 0 Å². The second-order valence-electron chi connectivity index (χ2n) is 1.41. The number of hydrogen-bond acceptors (Lipinski definition) is 2. The molecule has 1 aliphatic heterocycles. The van der Waals surface area contributed by atoms with Crippen molar-refractivity contribution in [3.05, 3.63) is 11.2 Å². The highest BCUT2D eigenvalue weighted by Crippen LogP contribution is 1.99. The van der Waals surface area contributed by atoms with Gasteiger partial charge in [-0.1, -0.05) is 11.6 Å². The molecule has 0 aliphatic carbocycles. The molecule has 0 fully saturated rings. The maximum Gasteiger partial charge on any atom is 0.236 e. The van der Waals surface area contributed by atoms with Crippen molar-refractivity contribution in [2.45, 2.75) is 6.23 Å². The van der Waals surface area contributed by atoms with Crippen LogP contribution >= 0.6 is 11.6 Å². The maximum atomic E-state index is 8.80. The van der Waals surface area contributed by atoms with Crippen molar-refractivity contribution in [2.75, 3.05) is 0 Å². The van der Waals surface area contributed by atoms with Crippen LogP contribution in [-0.2, 0) is 0 Å². The molecule has 0 amide bonds. The fraction of sp³-hybridized carbons (Fsp3) is 0.250. The molecule has 1 rings (SSSR count). The SMILES string of the molecule is OC1[NH+]=CNC=C1Cl. The average molecular weight is 134 g/mol. The molecule has 0 aromatic rings. The summed E-state index contributed by atoms with van der Waals surface area (Å²) < 4.78 is 0. The summed E-state index contributed by atoms with van der Waals surface area (Å²) in [5.41, 5.74) is 0. The molecule has 4 heteroatoms. The summed E-state index contributed by atoms with van der Waals surface area (Å²) in [6, 6.07) is 0. The minimum Gasteiger partial charge on any atom is -0.351 e. The van der Waals surface area contributed by atoms with Gasteiger partial charge in [-0.25, -0.2) is 4.99 Å². The van der Waals surface area contributed by atoms with Gasteiger partial charge in [0.1, 0.15) is 11.2 Å². The van der Waals surface area contributed by atoms with E-state index in [1.54, 1.807) is 0 Å². The topological polar surface area (TPSA) is 46.2 Å². The van der Waals surface area contributed by atoms with Gasteiger partial charge in [-0.2, -0.15) is 0 Å². The smallest absolute Gasteiger partial charge is 0.236 e. The van der Waals surface area contributed by atoms with Gasteiger partial charge in [0.25, 0.3) is 0 Å². The van der Waals surface area contributed by atoms with Gasteiger partial charge in [0, 0.05) is 0 Å². The lowest BCUT2D eigenvalue weighted by Gasteiger charge is -2.01. The van der Waals surface area contributed by atoms with Gasteiger partial charge in [-0.3, -0.25) is 5.32 Å². The Hall–Kier alpha value is -0.540. The molecular weight excluding hydrogens is 128 g/mol. The molecule has 0 spiro atoms. The number of aliphatic hydroxyl groups excluding tert-OH is 1. The second-order valence-corrected chi connectivity index (χ2v) is 1.85. The van der Waals surface area contributed by atoms with Crippen molar-refractivity contribution < 1.29 is 10.1 Å². The summed E-state index contributed by atoms with van der Waals surface area (Å²) in [7, 11) is 0. The molecular formula is C4H6ClN2O+. The summed E-state index contributed by atoms with van der Waals surface area (Å²) >= 11 is 5.43. The summed E-state index contributed by atoms with van der Waals surface area (Å²) in [4.78, 5) is 2.55. The first-order chi connectivity index (χ1) is 3.80. The molecule has 3 nitrogen and oxygen atoms in total. The van der Waals surface area contributed by atoms with Crippen molar-refractivity contribution in [1.82, 2.24) is 5.32 Å². The predicted octanol–water partition coefficient (Wildman–Crippen LogP) is -1.90. The molecule has 0 saturated carbocycles. The standard InChI is InChI=1S/C4H5ClN2O/c5-3-1-6-2-7-4(3)8/h1-2,4,8H,(H,6,7)/p+1. The Morgan fingerprint density at radius 3 is 3.00 bits per heavy atom. The van der Waals surface area contributed by atoms with E-state index in [-0.39, 0.29) is 0 Å². The Morgan fingerprint density at radius 2 is 2.62 bits per heavy atom. The second kappa shape index (κ2) is 2.15. The molecule has 1 aliphatic rings. The summed E-state index contributed by atoms with van der Waals surface area (Å²) in [6.45, 7) is 0. The van der Waals surface area contributed by atoms with Gasteiger partial charge in [-0.05, 0) is 0 Å². The van der Waals surface area contributed by atoms with E-state index in [4.69, 9.17) is 16.7 Å². The van der Waals surface area contributed by atoms with Crippen LogP contribution in [0.1, 0.15) is 0 Å². The van der Waals surface area contributed by atoms with Crippen LogP contribution in [-0.4, -0.2) is 17.7 Å². The van der Waals surface area contributed by atoms with Crippen LogP contribution in [0.15, 0.2) is 11.2 Å². The van der Waals surface area contributed by atoms with Gasteiger partial charge in [0.2, 0.25) is 12.6 Å². The first-order valence-corrected chi connectivity index (χ1v) is 2.56. The number of halogens is 1. The first-order valence-electron chi connectivity index (χ1n) is 2.18. The van der Waals surface area contributed by atoms with Gasteiger partial charge in [0.15, 0.2) is 0 Å². The minimum atomic E-state index is -0.738. The summed E-state index contributed by atoms with van der Waals surface area (Å²) in [6.07, 6.45) is 2.29. The largest absolute Gasteiger partial charge is 0.351 e. The molecule has 1 heterocycles. The van der Waals surface area contributed by atoms with Crippen LogP contribution in [0.2, 0.25) is 0 Å². The van der Waals surface area contributed by atoms with Gasteiger partial charge in [0.05, 0.1) is 0 Å². The normalized spacial score (nSPS) is 26.8. The Balaban J connectivity index is 2.63.